The summed E-state index contributed by atoms with van der Waals surface area (Å²) in [4.78, 5) is 48.0. The normalized spacial score (nSPS) is 16.0. The third-order valence-corrected chi connectivity index (χ3v) is 3.96. The molecule has 1 aliphatic rings. The lowest BCUT2D eigenvalue weighted by Gasteiger charge is -2.20. The number of hydrogen-bond acceptors (Lipinski definition) is 7. The van der Waals surface area contributed by atoms with E-state index < -0.39 is 30.5 Å². The van der Waals surface area contributed by atoms with Crippen molar-refractivity contribution in [1.82, 2.24) is 5.32 Å². The fraction of sp³-hybridized carbons (Fsp3) is 0.412. The lowest BCUT2D eigenvalue weighted by atomic mass is 10.1. The second-order valence-corrected chi connectivity index (χ2v) is 5.83. The van der Waals surface area contributed by atoms with Gasteiger partial charge in [-0.25, -0.2) is 9.59 Å². The molecule has 9 heteroatoms. The van der Waals surface area contributed by atoms with Gasteiger partial charge in [-0.15, -0.1) is 0 Å². The van der Waals surface area contributed by atoms with E-state index >= 15 is 0 Å². The van der Waals surface area contributed by atoms with Gasteiger partial charge in [0.15, 0.2) is 0 Å². The van der Waals surface area contributed by atoms with E-state index in [0.717, 1.165) is 4.90 Å². The predicted molar refractivity (Wildman–Crippen MR) is 91.2 cm³/mol. The van der Waals surface area contributed by atoms with Crippen molar-refractivity contribution in [3.63, 3.8) is 0 Å². The zero-order chi connectivity index (χ0) is 19.1. The molecule has 26 heavy (non-hydrogen) atoms. The van der Waals surface area contributed by atoms with Crippen molar-refractivity contribution < 1.29 is 28.7 Å². The smallest absolute Gasteiger partial charge is 0.333 e. The maximum Gasteiger partial charge on any atom is 0.333 e. The van der Waals surface area contributed by atoms with Gasteiger partial charge in [0.1, 0.15) is 6.54 Å². The van der Waals surface area contributed by atoms with Crippen LogP contribution in [0.5, 0.6) is 0 Å². The number of carbonyl (C=O) groups is 4. The number of esters is 3. The number of nitrogens with one attached hydrogen (secondary N) is 1. The quantitative estimate of drug-likeness (QED) is 0.536. The zero-order valence-electron chi connectivity index (χ0n) is 14.4. The first-order valence-corrected chi connectivity index (χ1v) is 8.08. The number of rotatable bonds is 6. The van der Waals surface area contributed by atoms with E-state index in [4.69, 9.17) is 10.5 Å². The summed E-state index contributed by atoms with van der Waals surface area (Å²) in [5.74, 6) is -2.31. The molecule has 9 nitrogen and oxygen atoms in total. The third-order valence-electron chi connectivity index (χ3n) is 3.96. The van der Waals surface area contributed by atoms with Crippen LogP contribution in [0.15, 0.2) is 24.3 Å². The van der Waals surface area contributed by atoms with E-state index in [9.17, 15) is 19.2 Å². The Balaban J connectivity index is 2.04. The first-order chi connectivity index (χ1) is 12.4. The number of urea groups is 1. The highest BCUT2D eigenvalue weighted by Crippen LogP contribution is 2.17. The fourth-order valence-electron chi connectivity index (χ4n) is 2.58. The van der Waals surface area contributed by atoms with Crippen LogP contribution in [0.4, 0.5) is 10.5 Å². The summed E-state index contributed by atoms with van der Waals surface area (Å²) in [5.41, 5.74) is 6.24. The topological polar surface area (TPSA) is 128 Å². The van der Waals surface area contributed by atoms with Crippen LogP contribution >= 0.6 is 0 Å². The van der Waals surface area contributed by atoms with Crippen LogP contribution in [0, 0.1) is 5.92 Å². The summed E-state index contributed by atoms with van der Waals surface area (Å²) in [6, 6.07) is 5.50. The number of amides is 2. The molecule has 1 aromatic rings. The molecule has 0 aromatic heterocycles. The molecule has 140 valence electrons. The van der Waals surface area contributed by atoms with Gasteiger partial charge in [0, 0.05) is 12.2 Å². The summed E-state index contributed by atoms with van der Waals surface area (Å²) in [7, 11) is 1.27. The van der Waals surface area contributed by atoms with E-state index in [1.807, 2.05) is 0 Å². The monoisotopic (exact) mass is 363 g/mol. The highest BCUT2D eigenvalue weighted by molar-refractivity contribution is 5.98. The molecule has 1 atom stereocenters. The number of hydrogen-bond donors (Lipinski definition) is 2. The average molecular weight is 363 g/mol. The van der Waals surface area contributed by atoms with Crippen molar-refractivity contribution in [1.29, 1.82) is 0 Å². The highest BCUT2D eigenvalue weighted by atomic mass is 16.6. The summed E-state index contributed by atoms with van der Waals surface area (Å²) < 4.78 is 9.41. The molecule has 1 fully saturated rings. The van der Waals surface area contributed by atoms with Gasteiger partial charge in [-0.3, -0.25) is 14.5 Å². The van der Waals surface area contributed by atoms with Crippen molar-refractivity contribution >= 4 is 29.6 Å². The van der Waals surface area contributed by atoms with Gasteiger partial charge in [-0.2, -0.15) is 0 Å². The van der Waals surface area contributed by atoms with Crippen LogP contribution in [-0.4, -0.2) is 50.7 Å². The number of carbonyl (C=O) groups excluding carboxylic acids is 4. The van der Waals surface area contributed by atoms with Gasteiger partial charge in [0.2, 0.25) is 0 Å². The Morgan fingerprint density at radius 3 is 2.65 bits per heavy atom. The van der Waals surface area contributed by atoms with Crippen molar-refractivity contribution in [3.8, 4) is 0 Å². The van der Waals surface area contributed by atoms with Gasteiger partial charge in [0.25, 0.3) is 0 Å². The van der Waals surface area contributed by atoms with Crippen molar-refractivity contribution in [2.75, 3.05) is 31.6 Å². The molecule has 1 unspecified atom stereocenters. The second kappa shape index (κ2) is 8.95. The molecule has 2 amide bonds. The minimum atomic E-state index is -0.882. The molecule has 1 saturated heterocycles. The molecule has 3 N–H and O–H groups in total. The number of anilines is 1. The van der Waals surface area contributed by atoms with E-state index in [-0.39, 0.29) is 12.3 Å². The maximum atomic E-state index is 12.0. The van der Waals surface area contributed by atoms with E-state index in [1.54, 1.807) is 18.2 Å². The average Bonchev–Trinajstić information content (AvgIpc) is 3.14. The Morgan fingerprint density at radius 1 is 1.27 bits per heavy atom. The van der Waals surface area contributed by atoms with E-state index in [0.29, 0.717) is 30.8 Å². The molecule has 0 spiro atoms. The minimum Gasteiger partial charge on any atom is -0.469 e. The number of ether oxygens (including phenoxy) is 2. The number of benzene rings is 1. The van der Waals surface area contributed by atoms with Gasteiger partial charge in [0.05, 0.1) is 19.4 Å². The fourth-order valence-corrected chi connectivity index (χ4v) is 2.58. The Morgan fingerprint density at radius 2 is 2.04 bits per heavy atom. The molecule has 0 bridgehead atoms. The SMILES string of the molecule is COC(=O)Cc1cccc(N(CC(=O)OC(=O)C2CCNC2)C(N)=O)c1. The highest BCUT2D eigenvalue weighted by Gasteiger charge is 2.27. The summed E-state index contributed by atoms with van der Waals surface area (Å²) in [5, 5.41) is 3.00. The lowest BCUT2D eigenvalue weighted by Crippen LogP contribution is -2.41. The summed E-state index contributed by atoms with van der Waals surface area (Å²) in [6.07, 6.45) is 0.607. The molecular weight excluding hydrogens is 342 g/mol. The van der Waals surface area contributed by atoms with Crippen LogP contribution in [0.25, 0.3) is 0 Å². The van der Waals surface area contributed by atoms with Gasteiger partial charge in [-0.1, -0.05) is 12.1 Å². The number of primary amides is 1. The first-order valence-electron chi connectivity index (χ1n) is 8.08. The Kier molecular flexibility index (Phi) is 6.67. The van der Waals surface area contributed by atoms with Crippen LogP contribution in [0.2, 0.25) is 0 Å². The van der Waals surface area contributed by atoms with Gasteiger partial charge >= 0.3 is 23.9 Å². The molecule has 0 aliphatic carbocycles. The Hall–Kier alpha value is -2.94. The van der Waals surface area contributed by atoms with E-state index in [2.05, 4.69) is 10.1 Å². The Labute approximate surface area is 150 Å². The van der Waals surface area contributed by atoms with Crippen LogP contribution in [-0.2, 0) is 30.3 Å². The van der Waals surface area contributed by atoms with Crippen LogP contribution < -0.4 is 16.0 Å². The van der Waals surface area contributed by atoms with Crippen molar-refractivity contribution in [2.45, 2.75) is 12.8 Å². The summed E-state index contributed by atoms with van der Waals surface area (Å²) >= 11 is 0. The predicted octanol–water partition coefficient (Wildman–Crippen LogP) is -0.0335. The summed E-state index contributed by atoms with van der Waals surface area (Å²) in [6.45, 7) is 0.637. The maximum absolute atomic E-state index is 12.0. The van der Waals surface area contributed by atoms with Crippen molar-refractivity contribution in [3.05, 3.63) is 29.8 Å². The minimum absolute atomic E-state index is 0.00849. The lowest BCUT2D eigenvalue weighted by molar-refractivity contribution is -0.161. The molecule has 2 rings (SSSR count). The van der Waals surface area contributed by atoms with Gasteiger partial charge in [-0.05, 0) is 30.7 Å². The number of nitrogens with zero attached hydrogens (tertiary/aromatic N) is 1. The molecule has 1 heterocycles. The van der Waals surface area contributed by atoms with Crippen LogP contribution in [0.1, 0.15) is 12.0 Å². The molecular formula is C17H21N3O6. The van der Waals surface area contributed by atoms with Crippen LogP contribution in [0.3, 0.4) is 0 Å². The number of methoxy groups -OCH3 is 1. The second-order valence-electron chi connectivity index (χ2n) is 5.83. The van der Waals surface area contributed by atoms with E-state index in [1.165, 1.54) is 13.2 Å². The molecule has 0 saturated carbocycles. The van der Waals surface area contributed by atoms with Gasteiger partial charge < -0.3 is 20.5 Å². The third kappa shape index (κ3) is 5.28. The number of nitrogens with two attached hydrogens (primary N) is 1. The zero-order valence-corrected chi connectivity index (χ0v) is 14.4. The largest absolute Gasteiger partial charge is 0.469 e. The molecule has 0 radical (unpaired) electrons. The van der Waals surface area contributed by atoms with Crippen molar-refractivity contribution in [2.24, 2.45) is 11.7 Å². The standard InChI is InChI=1S/C17H21N3O6/c1-25-14(21)8-11-3-2-4-13(7-11)20(17(18)24)10-15(22)26-16(23)12-5-6-19-9-12/h2-4,7,12,19H,5-6,8-10H2,1H3,(H2,18,24). The first kappa shape index (κ1) is 19.4. The molecule has 1 aliphatic heterocycles. The molecule has 1 aromatic carbocycles. The Bertz CT molecular complexity index is 699.